The van der Waals surface area contributed by atoms with Gasteiger partial charge in [0.25, 0.3) is 0 Å². The van der Waals surface area contributed by atoms with Crippen molar-refractivity contribution in [3.05, 3.63) is 0 Å². The van der Waals surface area contributed by atoms with Gasteiger partial charge in [0.15, 0.2) is 0 Å². The Morgan fingerprint density at radius 3 is 0.913 bits per heavy atom. The maximum atomic E-state index is 10.3. The standard InChI is InChI=1S/C17H34N2O4/c18-16(20)22-14-12-10-8-6-4-2-1-3-5-7-9-11-13-15-23-17(19)21/h1-15H2,(H2,18,20)(H2,19,21). The van der Waals surface area contributed by atoms with Crippen LogP contribution in [0.1, 0.15) is 83.5 Å². The average molecular weight is 330 g/mol. The van der Waals surface area contributed by atoms with Crippen LogP contribution in [-0.4, -0.2) is 25.4 Å². The summed E-state index contributed by atoms with van der Waals surface area (Å²) in [6.45, 7) is 0.897. The number of ether oxygens (including phenoxy) is 2. The monoisotopic (exact) mass is 330 g/mol. The third kappa shape index (κ3) is 20.5. The summed E-state index contributed by atoms with van der Waals surface area (Å²) >= 11 is 0. The Morgan fingerprint density at radius 2 is 0.696 bits per heavy atom. The molecule has 0 aromatic carbocycles. The molecular weight excluding hydrogens is 296 g/mol. The number of rotatable bonds is 16. The van der Waals surface area contributed by atoms with Crippen molar-refractivity contribution in [3.63, 3.8) is 0 Å². The van der Waals surface area contributed by atoms with Gasteiger partial charge in [0.05, 0.1) is 13.2 Å². The highest BCUT2D eigenvalue weighted by atomic mass is 16.5. The van der Waals surface area contributed by atoms with E-state index in [1.165, 1.54) is 57.8 Å². The van der Waals surface area contributed by atoms with Crippen molar-refractivity contribution in [2.75, 3.05) is 13.2 Å². The summed E-state index contributed by atoms with van der Waals surface area (Å²) in [7, 11) is 0. The normalized spacial score (nSPS) is 10.4. The van der Waals surface area contributed by atoms with E-state index in [0.29, 0.717) is 13.2 Å². The van der Waals surface area contributed by atoms with Gasteiger partial charge in [-0.05, 0) is 12.8 Å². The van der Waals surface area contributed by atoms with Crippen LogP contribution in [-0.2, 0) is 9.47 Å². The molecule has 0 aliphatic rings. The van der Waals surface area contributed by atoms with Gasteiger partial charge in [-0.15, -0.1) is 0 Å². The number of carbonyl (C=O) groups is 2. The summed E-state index contributed by atoms with van der Waals surface area (Å²) < 4.78 is 9.35. The number of hydrogen-bond acceptors (Lipinski definition) is 4. The number of primary amides is 2. The van der Waals surface area contributed by atoms with E-state index < -0.39 is 12.2 Å². The van der Waals surface area contributed by atoms with Crippen molar-refractivity contribution >= 4 is 12.2 Å². The van der Waals surface area contributed by atoms with Crippen molar-refractivity contribution in [3.8, 4) is 0 Å². The van der Waals surface area contributed by atoms with Gasteiger partial charge in [-0.25, -0.2) is 9.59 Å². The van der Waals surface area contributed by atoms with E-state index in [4.69, 9.17) is 11.5 Å². The second kappa shape index (κ2) is 16.9. The highest BCUT2D eigenvalue weighted by Gasteiger charge is 1.96. The summed E-state index contributed by atoms with van der Waals surface area (Å²) in [5, 5.41) is 0. The molecule has 0 saturated heterocycles. The van der Waals surface area contributed by atoms with E-state index in [1.54, 1.807) is 0 Å². The average Bonchev–Trinajstić information content (AvgIpc) is 2.49. The SMILES string of the molecule is NC(=O)OCCCCCCCCCCCCCCCOC(N)=O. The lowest BCUT2D eigenvalue weighted by molar-refractivity contribution is 0.153. The lowest BCUT2D eigenvalue weighted by Gasteiger charge is -2.04. The molecule has 0 spiro atoms. The van der Waals surface area contributed by atoms with Gasteiger partial charge in [-0.3, -0.25) is 0 Å². The van der Waals surface area contributed by atoms with Gasteiger partial charge in [0.1, 0.15) is 0 Å². The predicted molar refractivity (Wildman–Crippen MR) is 91.1 cm³/mol. The highest BCUT2D eigenvalue weighted by molar-refractivity contribution is 5.64. The van der Waals surface area contributed by atoms with E-state index in [2.05, 4.69) is 9.47 Å². The minimum absolute atomic E-state index is 0.448. The molecule has 0 aliphatic heterocycles. The molecule has 0 bridgehead atoms. The Labute approximate surface area is 140 Å². The molecule has 0 aromatic heterocycles. The number of carbonyl (C=O) groups excluding carboxylic acids is 2. The zero-order valence-corrected chi connectivity index (χ0v) is 14.4. The molecule has 0 aliphatic carbocycles. The van der Waals surface area contributed by atoms with E-state index >= 15 is 0 Å². The number of unbranched alkanes of at least 4 members (excludes halogenated alkanes) is 12. The van der Waals surface area contributed by atoms with Gasteiger partial charge >= 0.3 is 12.2 Å². The second-order valence-electron chi connectivity index (χ2n) is 5.93. The van der Waals surface area contributed by atoms with Crippen molar-refractivity contribution in [1.82, 2.24) is 0 Å². The number of hydrogen-bond donors (Lipinski definition) is 2. The second-order valence-corrected chi connectivity index (χ2v) is 5.93. The first kappa shape index (κ1) is 21.5. The van der Waals surface area contributed by atoms with Crippen molar-refractivity contribution in [1.29, 1.82) is 0 Å². The van der Waals surface area contributed by atoms with Crippen LogP contribution in [0.3, 0.4) is 0 Å². The van der Waals surface area contributed by atoms with E-state index in [-0.39, 0.29) is 0 Å². The Kier molecular flexibility index (Phi) is 15.8. The minimum atomic E-state index is -0.677. The third-order valence-electron chi connectivity index (χ3n) is 3.78. The van der Waals surface area contributed by atoms with Crippen LogP contribution < -0.4 is 11.5 Å². The molecule has 0 radical (unpaired) electrons. The smallest absolute Gasteiger partial charge is 0.404 e. The van der Waals surface area contributed by atoms with Gasteiger partial charge in [-0.2, -0.15) is 0 Å². The Morgan fingerprint density at radius 1 is 0.478 bits per heavy atom. The fraction of sp³-hybridized carbons (Fsp3) is 0.882. The molecule has 23 heavy (non-hydrogen) atoms. The molecule has 4 N–H and O–H groups in total. The number of amides is 2. The van der Waals surface area contributed by atoms with E-state index in [1.807, 2.05) is 0 Å². The predicted octanol–water partition coefficient (Wildman–Crippen LogP) is 4.25. The van der Waals surface area contributed by atoms with Crippen LogP contribution in [0, 0.1) is 0 Å². The molecule has 0 fully saturated rings. The van der Waals surface area contributed by atoms with Gasteiger partial charge in [0.2, 0.25) is 0 Å². The van der Waals surface area contributed by atoms with Gasteiger partial charge in [0, 0.05) is 0 Å². The van der Waals surface area contributed by atoms with Crippen LogP contribution >= 0.6 is 0 Å². The molecule has 136 valence electrons. The zero-order chi connectivity index (χ0) is 17.2. The molecule has 6 heteroatoms. The Bertz CT molecular complexity index is 270. The largest absolute Gasteiger partial charge is 0.450 e. The van der Waals surface area contributed by atoms with Crippen LogP contribution in [0.2, 0.25) is 0 Å². The molecular formula is C17H34N2O4. The van der Waals surface area contributed by atoms with Crippen LogP contribution in [0.25, 0.3) is 0 Å². The van der Waals surface area contributed by atoms with E-state index in [9.17, 15) is 9.59 Å². The fourth-order valence-electron chi connectivity index (χ4n) is 2.49. The molecule has 0 aromatic rings. The number of nitrogens with two attached hydrogens (primary N) is 2. The van der Waals surface area contributed by atoms with Crippen molar-refractivity contribution in [2.24, 2.45) is 11.5 Å². The van der Waals surface area contributed by atoms with Crippen LogP contribution in [0.15, 0.2) is 0 Å². The molecule has 6 nitrogen and oxygen atoms in total. The molecule has 0 atom stereocenters. The Balaban J connectivity index is 3.00. The maximum absolute atomic E-state index is 10.3. The molecule has 0 rings (SSSR count). The first-order valence-corrected chi connectivity index (χ1v) is 8.97. The van der Waals surface area contributed by atoms with Crippen LogP contribution in [0.5, 0.6) is 0 Å². The quantitative estimate of drug-likeness (QED) is 0.413. The summed E-state index contributed by atoms with van der Waals surface area (Å²) in [6.07, 6.45) is 14.1. The van der Waals surface area contributed by atoms with Crippen LogP contribution in [0.4, 0.5) is 9.59 Å². The zero-order valence-electron chi connectivity index (χ0n) is 14.4. The minimum Gasteiger partial charge on any atom is -0.450 e. The summed E-state index contributed by atoms with van der Waals surface area (Å²) in [5.41, 5.74) is 9.76. The fourth-order valence-corrected chi connectivity index (χ4v) is 2.49. The maximum Gasteiger partial charge on any atom is 0.404 e. The highest BCUT2D eigenvalue weighted by Crippen LogP contribution is 2.12. The Hall–Kier alpha value is -1.46. The third-order valence-corrected chi connectivity index (χ3v) is 3.78. The van der Waals surface area contributed by atoms with Crippen molar-refractivity contribution < 1.29 is 19.1 Å². The van der Waals surface area contributed by atoms with Crippen molar-refractivity contribution in [2.45, 2.75) is 83.5 Å². The first-order valence-electron chi connectivity index (χ1n) is 8.97. The molecule has 0 unspecified atom stereocenters. The molecule has 2 amide bonds. The first-order chi connectivity index (χ1) is 11.1. The summed E-state index contributed by atoms with van der Waals surface area (Å²) in [5.74, 6) is 0. The lowest BCUT2D eigenvalue weighted by atomic mass is 10.0. The molecule has 0 saturated carbocycles. The van der Waals surface area contributed by atoms with Gasteiger partial charge < -0.3 is 20.9 Å². The van der Waals surface area contributed by atoms with E-state index in [0.717, 1.165) is 25.7 Å². The summed E-state index contributed by atoms with van der Waals surface area (Å²) in [6, 6.07) is 0. The molecule has 0 heterocycles. The lowest BCUT2D eigenvalue weighted by Crippen LogP contribution is -2.13. The van der Waals surface area contributed by atoms with Gasteiger partial charge in [-0.1, -0.05) is 70.6 Å². The topological polar surface area (TPSA) is 105 Å². The summed E-state index contributed by atoms with van der Waals surface area (Å²) in [4.78, 5) is 20.7.